The van der Waals surface area contributed by atoms with Crippen molar-refractivity contribution in [1.82, 2.24) is 0 Å². The number of esters is 3. The van der Waals surface area contributed by atoms with Crippen LogP contribution in [0.25, 0.3) is 0 Å². The normalized spacial score (nSPS) is 11.8. The van der Waals surface area contributed by atoms with Crippen LogP contribution in [0.1, 0.15) is 284 Å². The van der Waals surface area contributed by atoms with Crippen LogP contribution in [0.15, 0.2) is 0 Å². The lowest BCUT2D eigenvalue weighted by atomic mass is 10.0. The fourth-order valence-corrected chi connectivity index (χ4v) is 7.56. The van der Waals surface area contributed by atoms with Gasteiger partial charge in [0.2, 0.25) is 0 Å². The lowest BCUT2D eigenvalue weighted by Gasteiger charge is -2.18. The van der Waals surface area contributed by atoms with E-state index in [4.69, 9.17) is 14.2 Å². The molecule has 0 heterocycles. The highest BCUT2D eigenvalue weighted by atomic mass is 16.6. The lowest BCUT2D eigenvalue weighted by Crippen LogP contribution is -2.30. The molecule has 0 amide bonds. The third-order valence-electron chi connectivity index (χ3n) is 11.4. The first-order chi connectivity index (χ1) is 27.5. The second-order valence-corrected chi connectivity index (χ2v) is 17.1. The number of ether oxygens (including phenoxy) is 3. The van der Waals surface area contributed by atoms with Crippen molar-refractivity contribution in [3.05, 3.63) is 0 Å². The Morgan fingerprint density at radius 2 is 0.482 bits per heavy atom. The van der Waals surface area contributed by atoms with E-state index in [1.165, 1.54) is 186 Å². The largest absolute Gasteiger partial charge is 0.462 e. The molecular weight excluding hydrogens is 697 g/mol. The summed E-state index contributed by atoms with van der Waals surface area (Å²) in [4.78, 5) is 37.8. The van der Waals surface area contributed by atoms with E-state index in [9.17, 15) is 14.4 Å². The summed E-state index contributed by atoms with van der Waals surface area (Å²) in [6.07, 6.45) is 48.0. The number of unbranched alkanes of at least 4 members (excludes halogenated alkanes) is 35. The quantitative estimate of drug-likeness (QED) is 0.0347. The van der Waals surface area contributed by atoms with Gasteiger partial charge in [-0.05, 0) is 19.3 Å². The first-order valence-corrected chi connectivity index (χ1v) is 25.0. The predicted octanol–water partition coefficient (Wildman–Crippen LogP) is 16.0. The number of hydrogen-bond donors (Lipinski definition) is 0. The van der Waals surface area contributed by atoms with Crippen molar-refractivity contribution in [3.63, 3.8) is 0 Å². The van der Waals surface area contributed by atoms with Crippen molar-refractivity contribution < 1.29 is 28.6 Å². The van der Waals surface area contributed by atoms with Gasteiger partial charge in [0.25, 0.3) is 0 Å². The molecule has 0 aliphatic heterocycles. The van der Waals surface area contributed by atoms with Crippen LogP contribution < -0.4 is 0 Å². The maximum absolute atomic E-state index is 12.7. The van der Waals surface area contributed by atoms with Gasteiger partial charge in [-0.3, -0.25) is 14.4 Å². The summed E-state index contributed by atoms with van der Waals surface area (Å²) in [5.41, 5.74) is 0. The van der Waals surface area contributed by atoms with E-state index in [1.54, 1.807) is 0 Å². The fourth-order valence-electron chi connectivity index (χ4n) is 7.56. The van der Waals surface area contributed by atoms with E-state index >= 15 is 0 Å². The van der Waals surface area contributed by atoms with Crippen LogP contribution in [0.2, 0.25) is 0 Å². The van der Waals surface area contributed by atoms with Gasteiger partial charge in [0.05, 0.1) is 0 Å². The van der Waals surface area contributed by atoms with Crippen LogP contribution in [-0.2, 0) is 28.6 Å². The molecule has 0 aromatic carbocycles. The van der Waals surface area contributed by atoms with Crippen molar-refractivity contribution >= 4 is 17.9 Å². The molecule has 0 saturated heterocycles. The van der Waals surface area contributed by atoms with E-state index in [1.807, 2.05) is 0 Å². The van der Waals surface area contributed by atoms with E-state index in [0.29, 0.717) is 19.3 Å². The zero-order valence-electron chi connectivity index (χ0n) is 37.9. The van der Waals surface area contributed by atoms with Crippen molar-refractivity contribution in [2.45, 2.75) is 290 Å². The molecule has 332 valence electrons. The van der Waals surface area contributed by atoms with Gasteiger partial charge in [0.1, 0.15) is 13.2 Å². The number of carbonyl (C=O) groups excluding carboxylic acids is 3. The third kappa shape index (κ3) is 43.5. The van der Waals surface area contributed by atoms with Gasteiger partial charge in [-0.25, -0.2) is 0 Å². The van der Waals surface area contributed by atoms with E-state index < -0.39 is 6.10 Å². The molecule has 0 radical (unpaired) electrons. The summed E-state index contributed by atoms with van der Waals surface area (Å²) >= 11 is 0. The van der Waals surface area contributed by atoms with Crippen LogP contribution in [-0.4, -0.2) is 37.2 Å². The summed E-state index contributed by atoms with van der Waals surface area (Å²) in [5, 5.41) is 0. The molecular formula is C50H96O6. The molecule has 0 rings (SSSR count). The highest BCUT2D eigenvalue weighted by Crippen LogP contribution is 2.16. The van der Waals surface area contributed by atoms with E-state index in [2.05, 4.69) is 20.8 Å². The van der Waals surface area contributed by atoms with E-state index in [-0.39, 0.29) is 31.1 Å². The molecule has 0 saturated carbocycles. The molecule has 0 aromatic rings. The van der Waals surface area contributed by atoms with Crippen LogP contribution in [0.3, 0.4) is 0 Å². The van der Waals surface area contributed by atoms with Crippen molar-refractivity contribution in [3.8, 4) is 0 Å². The molecule has 0 unspecified atom stereocenters. The number of rotatable bonds is 46. The summed E-state index contributed by atoms with van der Waals surface area (Å²) in [6.45, 7) is 6.66. The highest BCUT2D eigenvalue weighted by Gasteiger charge is 2.19. The monoisotopic (exact) mass is 793 g/mol. The Morgan fingerprint density at radius 1 is 0.286 bits per heavy atom. The van der Waals surface area contributed by atoms with Crippen LogP contribution in [0.5, 0.6) is 0 Å². The molecule has 0 bridgehead atoms. The van der Waals surface area contributed by atoms with Gasteiger partial charge >= 0.3 is 17.9 Å². The summed E-state index contributed by atoms with van der Waals surface area (Å²) in [5.74, 6) is -0.846. The zero-order valence-corrected chi connectivity index (χ0v) is 37.9. The minimum atomic E-state index is -0.758. The second kappa shape index (κ2) is 46.1. The molecule has 0 aromatic heterocycles. The van der Waals surface area contributed by atoms with Crippen molar-refractivity contribution in [2.75, 3.05) is 13.2 Å². The SMILES string of the molecule is CCCCCCCCCCCCCCCCCC(=O)OC[C@@H](COC(=O)CCCCCCCCCCC)OC(=O)CCCCCCCCCCCCCCCC. The molecule has 0 aliphatic carbocycles. The van der Waals surface area contributed by atoms with Crippen molar-refractivity contribution in [2.24, 2.45) is 0 Å². The van der Waals surface area contributed by atoms with Gasteiger partial charge in [-0.15, -0.1) is 0 Å². The molecule has 0 spiro atoms. The standard InChI is InChI=1S/C50H96O6/c1-4-7-10-13-16-19-21-23-25-27-28-31-34-37-40-43-49(52)55-46-47(45-54-48(51)42-39-36-33-30-18-15-12-9-6-3)56-50(53)44-41-38-35-32-29-26-24-22-20-17-14-11-8-5-2/h47H,4-46H2,1-3H3/t47-/m1/s1. The van der Waals surface area contributed by atoms with Crippen LogP contribution in [0.4, 0.5) is 0 Å². The van der Waals surface area contributed by atoms with Crippen LogP contribution in [0, 0.1) is 0 Å². The maximum atomic E-state index is 12.7. The van der Waals surface area contributed by atoms with Gasteiger partial charge in [-0.1, -0.05) is 245 Å². The van der Waals surface area contributed by atoms with Gasteiger partial charge < -0.3 is 14.2 Å². The topological polar surface area (TPSA) is 78.9 Å². The molecule has 6 nitrogen and oxygen atoms in total. The molecule has 1 atom stereocenters. The highest BCUT2D eigenvalue weighted by molar-refractivity contribution is 5.71. The zero-order chi connectivity index (χ0) is 40.8. The van der Waals surface area contributed by atoms with E-state index in [0.717, 1.165) is 57.8 Å². The first kappa shape index (κ1) is 54.4. The number of carbonyl (C=O) groups is 3. The Bertz CT molecular complexity index is 828. The number of hydrogen-bond acceptors (Lipinski definition) is 6. The Balaban J connectivity index is 4.27. The fraction of sp³-hybridized carbons (Fsp3) is 0.940. The van der Waals surface area contributed by atoms with Gasteiger partial charge in [-0.2, -0.15) is 0 Å². The molecule has 0 N–H and O–H groups in total. The average Bonchev–Trinajstić information content (AvgIpc) is 3.19. The van der Waals surface area contributed by atoms with Crippen LogP contribution >= 0.6 is 0 Å². The van der Waals surface area contributed by atoms with Crippen molar-refractivity contribution in [1.29, 1.82) is 0 Å². The Hall–Kier alpha value is -1.59. The molecule has 56 heavy (non-hydrogen) atoms. The summed E-state index contributed by atoms with van der Waals surface area (Å²) < 4.78 is 16.8. The molecule has 0 aliphatic rings. The molecule has 0 fully saturated rings. The first-order valence-electron chi connectivity index (χ1n) is 25.0. The second-order valence-electron chi connectivity index (χ2n) is 17.1. The Kier molecular flexibility index (Phi) is 44.8. The minimum absolute atomic E-state index is 0.0621. The predicted molar refractivity (Wildman–Crippen MR) is 238 cm³/mol. The van der Waals surface area contributed by atoms with Gasteiger partial charge in [0, 0.05) is 19.3 Å². The lowest BCUT2D eigenvalue weighted by molar-refractivity contribution is -0.167. The average molecular weight is 793 g/mol. The summed E-state index contributed by atoms with van der Waals surface area (Å²) in [6, 6.07) is 0. The molecule has 6 heteroatoms. The Morgan fingerprint density at radius 3 is 0.714 bits per heavy atom. The smallest absolute Gasteiger partial charge is 0.306 e. The summed E-state index contributed by atoms with van der Waals surface area (Å²) in [7, 11) is 0. The third-order valence-corrected chi connectivity index (χ3v) is 11.4. The maximum Gasteiger partial charge on any atom is 0.306 e. The van der Waals surface area contributed by atoms with Gasteiger partial charge in [0.15, 0.2) is 6.10 Å². The minimum Gasteiger partial charge on any atom is -0.462 e. The Labute approximate surface area is 348 Å².